The minimum absolute atomic E-state index is 0.315. The van der Waals surface area contributed by atoms with Crippen LogP contribution in [0, 0.1) is 0 Å². The molecule has 3 nitrogen and oxygen atoms in total. The zero-order chi connectivity index (χ0) is 12.3. The van der Waals surface area contributed by atoms with Gasteiger partial charge in [-0.05, 0) is 39.8 Å². The number of halogens is 1. The van der Waals surface area contributed by atoms with E-state index in [1.165, 1.54) is 0 Å². The number of nitrogens with zero attached hydrogens (tertiary/aromatic N) is 3. The molecular weight excluding hydrogens is 298 g/mol. The molecule has 2 aromatic heterocycles. The Balaban J connectivity index is 2.27. The lowest BCUT2D eigenvalue weighted by Crippen LogP contribution is -1.98. The van der Waals surface area contributed by atoms with Crippen LogP contribution in [0.3, 0.4) is 0 Å². The summed E-state index contributed by atoms with van der Waals surface area (Å²) in [4.78, 5) is 13.1. The van der Waals surface area contributed by atoms with Crippen LogP contribution in [0.25, 0.3) is 0 Å². The molecule has 0 radical (unpaired) electrons. The molecular formula is C12H12BrN3S. The topological polar surface area (TPSA) is 38.7 Å². The highest BCUT2D eigenvalue weighted by Gasteiger charge is 2.08. The Morgan fingerprint density at radius 3 is 2.65 bits per heavy atom. The first kappa shape index (κ1) is 12.5. The molecule has 0 saturated carbocycles. The Morgan fingerprint density at radius 2 is 2.00 bits per heavy atom. The summed E-state index contributed by atoms with van der Waals surface area (Å²) < 4.78 is 0.814. The summed E-state index contributed by atoms with van der Waals surface area (Å²) >= 11 is 4.95. The second-order valence-corrected chi connectivity index (χ2v) is 5.66. The van der Waals surface area contributed by atoms with Crippen LogP contribution in [-0.4, -0.2) is 15.0 Å². The van der Waals surface area contributed by atoms with Crippen LogP contribution in [-0.2, 0) is 0 Å². The van der Waals surface area contributed by atoms with Crippen molar-refractivity contribution in [1.29, 1.82) is 0 Å². The van der Waals surface area contributed by atoms with Crippen molar-refractivity contribution in [3.05, 3.63) is 40.9 Å². The van der Waals surface area contributed by atoms with E-state index in [1.807, 2.05) is 24.3 Å². The summed E-state index contributed by atoms with van der Waals surface area (Å²) in [6.45, 7) is 4.16. The molecule has 0 aromatic carbocycles. The van der Waals surface area contributed by atoms with Gasteiger partial charge in [-0.1, -0.05) is 19.9 Å². The van der Waals surface area contributed by atoms with Crippen molar-refractivity contribution in [2.24, 2.45) is 0 Å². The average molecular weight is 310 g/mol. The van der Waals surface area contributed by atoms with Crippen molar-refractivity contribution >= 4 is 27.7 Å². The van der Waals surface area contributed by atoms with E-state index in [0.717, 1.165) is 20.5 Å². The molecule has 0 atom stereocenters. The Hall–Kier alpha value is -0.940. The number of rotatable bonds is 3. The molecule has 0 saturated heterocycles. The lowest BCUT2D eigenvalue weighted by molar-refractivity contribution is 0.747. The molecule has 5 heteroatoms. The third-order valence-electron chi connectivity index (χ3n) is 2.05. The number of hydrogen-bond acceptors (Lipinski definition) is 4. The van der Waals surface area contributed by atoms with Gasteiger partial charge in [0.1, 0.15) is 20.5 Å². The third-order valence-corrected chi connectivity index (χ3v) is 3.33. The van der Waals surface area contributed by atoms with Crippen molar-refractivity contribution in [1.82, 2.24) is 15.0 Å². The second-order valence-electron chi connectivity index (χ2n) is 3.81. The van der Waals surface area contributed by atoms with E-state index in [9.17, 15) is 0 Å². The summed E-state index contributed by atoms with van der Waals surface area (Å²) in [5.74, 6) is 1.16. The highest BCUT2D eigenvalue weighted by Crippen LogP contribution is 2.26. The predicted octanol–water partition coefficient (Wildman–Crippen LogP) is 3.91. The summed E-state index contributed by atoms with van der Waals surface area (Å²) in [5, 5.41) is 1.85. The molecule has 0 unspecified atom stereocenters. The maximum Gasteiger partial charge on any atom is 0.133 e. The van der Waals surface area contributed by atoms with Crippen molar-refractivity contribution in [3.63, 3.8) is 0 Å². The Kier molecular flexibility index (Phi) is 4.12. The maximum absolute atomic E-state index is 4.51. The van der Waals surface area contributed by atoms with E-state index < -0.39 is 0 Å². The Labute approximate surface area is 113 Å². The van der Waals surface area contributed by atoms with E-state index in [1.54, 1.807) is 18.0 Å². The molecule has 0 fully saturated rings. The van der Waals surface area contributed by atoms with Gasteiger partial charge in [-0.2, -0.15) is 0 Å². The molecule has 0 spiro atoms. The molecule has 88 valence electrons. The highest BCUT2D eigenvalue weighted by atomic mass is 79.9. The first-order valence-electron chi connectivity index (χ1n) is 5.28. The number of aromatic nitrogens is 3. The van der Waals surface area contributed by atoms with E-state index in [-0.39, 0.29) is 0 Å². The van der Waals surface area contributed by atoms with Gasteiger partial charge in [-0.3, -0.25) is 0 Å². The van der Waals surface area contributed by atoms with Gasteiger partial charge >= 0.3 is 0 Å². The summed E-state index contributed by atoms with van der Waals surface area (Å²) in [6.07, 6.45) is 1.78. The minimum atomic E-state index is 0.315. The van der Waals surface area contributed by atoms with E-state index in [4.69, 9.17) is 0 Å². The van der Waals surface area contributed by atoms with Crippen LogP contribution in [0.4, 0.5) is 0 Å². The Bertz CT molecular complexity index is 502. The lowest BCUT2D eigenvalue weighted by atomic mass is 10.2. The Morgan fingerprint density at radius 1 is 1.18 bits per heavy atom. The second kappa shape index (κ2) is 5.60. The fourth-order valence-corrected chi connectivity index (χ4v) is 2.57. The maximum atomic E-state index is 4.51. The van der Waals surface area contributed by atoms with Crippen molar-refractivity contribution in [3.8, 4) is 0 Å². The van der Waals surface area contributed by atoms with Gasteiger partial charge in [-0.25, -0.2) is 15.0 Å². The predicted molar refractivity (Wildman–Crippen MR) is 72.2 cm³/mol. The van der Waals surface area contributed by atoms with E-state index in [2.05, 4.69) is 44.7 Å². The van der Waals surface area contributed by atoms with E-state index >= 15 is 0 Å². The van der Waals surface area contributed by atoms with Crippen LogP contribution < -0.4 is 0 Å². The normalized spacial score (nSPS) is 10.8. The van der Waals surface area contributed by atoms with Gasteiger partial charge in [0.15, 0.2) is 0 Å². The highest BCUT2D eigenvalue weighted by molar-refractivity contribution is 9.10. The molecule has 2 rings (SSSR count). The van der Waals surface area contributed by atoms with Gasteiger partial charge < -0.3 is 0 Å². The van der Waals surface area contributed by atoms with Crippen molar-refractivity contribution < 1.29 is 0 Å². The monoisotopic (exact) mass is 309 g/mol. The molecule has 0 aliphatic rings. The van der Waals surface area contributed by atoms with Gasteiger partial charge in [0, 0.05) is 18.2 Å². The van der Waals surface area contributed by atoms with Crippen LogP contribution in [0.5, 0.6) is 0 Å². The third kappa shape index (κ3) is 3.51. The summed E-state index contributed by atoms with van der Waals surface area (Å²) in [6, 6.07) is 7.75. The number of pyridine rings is 1. The van der Waals surface area contributed by atoms with Gasteiger partial charge in [0.05, 0.1) is 0 Å². The summed E-state index contributed by atoms with van der Waals surface area (Å²) in [5.41, 5.74) is 0. The van der Waals surface area contributed by atoms with E-state index in [0.29, 0.717) is 5.92 Å². The average Bonchev–Trinajstić information content (AvgIpc) is 2.29. The van der Waals surface area contributed by atoms with Gasteiger partial charge in [-0.15, -0.1) is 0 Å². The number of hydrogen-bond donors (Lipinski definition) is 0. The largest absolute Gasteiger partial charge is 0.250 e. The molecule has 0 aliphatic heterocycles. The smallest absolute Gasteiger partial charge is 0.133 e. The molecule has 0 N–H and O–H groups in total. The lowest BCUT2D eigenvalue weighted by Gasteiger charge is -2.06. The SMILES string of the molecule is CC(C)c1nc(Br)cc(Sc2ccccn2)n1. The molecule has 17 heavy (non-hydrogen) atoms. The van der Waals surface area contributed by atoms with Crippen LogP contribution in [0.15, 0.2) is 45.1 Å². The molecule has 2 aromatic rings. The van der Waals surface area contributed by atoms with Crippen LogP contribution in [0.1, 0.15) is 25.6 Å². The van der Waals surface area contributed by atoms with Crippen LogP contribution >= 0.6 is 27.7 Å². The fourth-order valence-electron chi connectivity index (χ4n) is 1.24. The molecule has 0 aliphatic carbocycles. The molecule has 0 bridgehead atoms. The standard InChI is InChI=1S/C12H12BrN3S/c1-8(2)12-15-9(13)7-11(16-12)17-10-5-3-4-6-14-10/h3-8H,1-2H3. The summed E-state index contributed by atoms with van der Waals surface area (Å²) in [7, 11) is 0. The van der Waals surface area contributed by atoms with Crippen molar-refractivity contribution in [2.45, 2.75) is 29.8 Å². The van der Waals surface area contributed by atoms with Gasteiger partial charge in [0.2, 0.25) is 0 Å². The minimum Gasteiger partial charge on any atom is -0.250 e. The van der Waals surface area contributed by atoms with Gasteiger partial charge in [0.25, 0.3) is 0 Å². The molecule has 2 heterocycles. The zero-order valence-corrected chi connectivity index (χ0v) is 12.0. The first-order chi connectivity index (χ1) is 8.15. The zero-order valence-electron chi connectivity index (χ0n) is 9.59. The van der Waals surface area contributed by atoms with Crippen LogP contribution in [0.2, 0.25) is 0 Å². The fraction of sp³-hybridized carbons (Fsp3) is 0.250. The van der Waals surface area contributed by atoms with Crippen molar-refractivity contribution in [2.75, 3.05) is 0 Å². The quantitative estimate of drug-likeness (QED) is 0.806. The first-order valence-corrected chi connectivity index (χ1v) is 6.89. The molecule has 0 amide bonds.